The topological polar surface area (TPSA) is 27.1 Å². The lowest BCUT2D eigenvalue weighted by atomic mass is 10.1. The van der Waals surface area contributed by atoms with Gasteiger partial charge in [-0.25, -0.2) is 4.98 Å². The van der Waals surface area contributed by atoms with Crippen molar-refractivity contribution in [3.63, 3.8) is 0 Å². The molecule has 4 rings (SSSR count). The Hall–Kier alpha value is -2.55. The van der Waals surface area contributed by atoms with Crippen molar-refractivity contribution in [3.05, 3.63) is 48.7 Å². The molecule has 0 fully saturated rings. The van der Waals surface area contributed by atoms with Crippen LogP contribution in [-0.2, 0) is 6.54 Å². The monoisotopic (exact) mass is 276 g/mol. The lowest BCUT2D eigenvalue weighted by molar-refractivity contribution is 0.415. The molecule has 0 aliphatic rings. The molecule has 3 heteroatoms. The smallest absolute Gasteiger partial charge is 0.141 e. The van der Waals surface area contributed by atoms with Crippen LogP contribution < -0.4 is 4.74 Å². The number of pyridine rings is 1. The quantitative estimate of drug-likeness (QED) is 0.543. The summed E-state index contributed by atoms with van der Waals surface area (Å²) in [6.45, 7) is 3.05. The van der Waals surface area contributed by atoms with Crippen LogP contribution in [0.25, 0.3) is 32.7 Å². The van der Waals surface area contributed by atoms with Crippen LogP contribution in [-0.4, -0.2) is 16.7 Å². The predicted octanol–water partition coefficient (Wildman–Crippen LogP) is 4.37. The van der Waals surface area contributed by atoms with Gasteiger partial charge in [-0.1, -0.05) is 24.3 Å². The third-order valence-corrected chi connectivity index (χ3v) is 4.12. The number of fused-ring (bicyclic) bond motifs is 5. The Labute approximate surface area is 122 Å². The summed E-state index contributed by atoms with van der Waals surface area (Å²) in [4.78, 5) is 4.70. The molecule has 4 aromatic rings. The van der Waals surface area contributed by atoms with Crippen molar-refractivity contribution >= 4 is 32.7 Å². The first-order valence-corrected chi connectivity index (χ1v) is 7.17. The normalized spacial score (nSPS) is 11.5. The van der Waals surface area contributed by atoms with Gasteiger partial charge in [0, 0.05) is 28.9 Å². The fourth-order valence-corrected chi connectivity index (χ4v) is 3.14. The summed E-state index contributed by atoms with van der Waals surface area (Å²) < 4.78 is 7.66. The summed E-state index contributed by atoms with van der Waals surface area (Å²) in [5.74, 6) is 0.880. The summed E-state index contributed by atoms with van der Waals surface area (Å²) in [6.07, 6.45) is 1.96. The van der Waals surface area contributed by atoms with Gasteiger partial charge in [0.1, 0.15) is 11.4 Å². The van der Waals surface area contributed by atoms with E-state index in [0.29, 0.717) is 0 Å². The Morgan fingerprint density at radius 1 is 1.10 bits per heavy atom. The number of methoxy groups -OCH3 is 1. The second-order valence-corrected chi connectivity index (χ2v) is 5.17. The highest BCUT2D eigenvalue weighted by atomic mass is 16.5. The molecular weight excluding hydrogens is 260 g/mol. The fraction of sp³-hybridized carbons (Fsp3) is 0.167. The minimum absolute atomic E-state index is 0.880. The summed E-state index contributed by atoms with van der Waals surface area (Å²) in [5.41, 5.74) is 2.25. The van der Waals surface area contributed by atoms with E-state index >= 15 is 0 Å². The SMILES string of the molecule is CCn1c2ccc(OC)cc2c2c3ccccc3cnc21. The maximum absolute atomic E-state index is 5.40. The minimum Gasteiger partial charge on any atom is -0.497 e. The van der Waals surface area contributed by atoms with Gasteiger partial charge < -0.3 is 9.30 Å². The molecule has 2 heterocycles. The van der Waals surface area contributed by atoms with E-state index in [0.717, 1.165) is 17.9 Å². The van der Waals surface area contributed by atoms with E-state index in [1.54, 1.807) is 7.11 Å². The third-order valence-electron chi connectivity index (χ3n) is 4.12. The first kappa shape index (κ1) is 12.2. The van der Waals surface area contributed by atoms with Gasteiger partial charge in [-0.05, 0) is 30.5 Å². The van der Waals surface area contributed by atoms with E-state index in [4.69, 9.17) is 9.72 Å². The van der Waals surface area contributed by atoms with Crippen molar-refractivity contribution < 1.29 is 4.74 Å². The van der Waals surface area contributed by atoms with E-state index in [2.05, 4.69) is 47.9 Å². The van der Waals surface area contributed by atoms with E-state index in [1.807, 2.05) is 12.3 Å². The van der Waals surface area contributed by atoms with Crippen molar-refractivity contribution in [2.45, 2.75) is 13.5 Å². The molecule has 0 atom stereocenters. The van der Waals surface area contributed by atoms with Crippen LogP contribution >= 0.6 is 0 Å². The standard InChI is InChI=1S/C18H16N2O/c1-3-20-16-9-8-13(21-2)10-15(16)17-14-7-5-4-6-12(14)11-19-18(17)20/h4-11H,3H2,1-2H3. The molecule has 0 radical (unpaired) electrons. The summed E-state index contributed by atoms with van der Waals surface area (Å²) in [7, 11) is 1.70. The van der Waals surface area contributed by atoms with Crippen LogP contribution in [0.4, 0.5) is 0 Å². The Morgan fingerprint density at radius 2 is 1.95 bits per heavy atom. The minimum atomic E-state index is 0.880. The molecule has 104 valence electrons. The van der Waals surface area contributed by atoms with Gasteiger partial charge in [-0.2, -0.15) is 0 Å². The Balaban J connectivity index is 2.29. The molecule has 2 aromatic carbocycles. The van der Waals surface area contributed by atoms with Crippen LogP contribution in [0.3, 0.4) is 0 Å². The van der Waals surface area contributed by atoms with Gasteiger partial charge in [0.05, 0.1) is 12.6 Å². The van der Waals surface area contributed by atoms with Crippen LogP contribution in [0.1, 0.15) is 6.92 Å². The molecule has 0 aliphatic heterocycles. The molecule has 3 nitrogen and oxygen atoms in total. The van der Waals surface area contributed by atoms with Gasteiger partial charge in [-0.15, -0.1) is 0 Å². The van der Waals surface area contributed by atoms with Crippen LogP contribution in [0.5, 0.6) is 5.75 Å². The maximum Gasteiger partial charge on any atom is 0.141 e. The first-order chi connectivity index (χ1) is 10.3. The molecule has 0 bridgehead atoms. The predicted molar refractivity (Wildman–Crippen MR) is 87.0 cm³/mol. The number of ether oxygens (including phenoxy) is 1. The van der Waals surface area contributed by atoms with Gasteiger partial charge in [-0.3, -0.25) is 0 Å². The zero-order valence-corrected chi connectivity index (χ0v) is 12.1. The second-order valence-electron chi connectivity index (χ2n) is 5.17. The van der Waals surface area contributed by atoms with Crippen molar-refractivity contribution in [3.8, 4) is 5.75 Å². The fourth-order valence-electron chi connectivity index (χ4n) is 3.14. The van der Waals surface area contributed by atoms with Gasteiger partial charge in [0.2, 0.25) is 0 Å². The van der Waals surface area contributed by atoms with Crippen molar-refractivity contribution in [2.24, 2.45) is 0 Å². The number of hydrogen-bond donors (Lipinski definition) is 0. The molecule has 0 saturated heterocycles. The van der Waals surface area contributed by atoms with E-state index in [1.165, 1.54) is 27.1 Å². The summed E-state index contributed by atoms with van der Waals surface area (Å²) >= 11 is 0. The Kier molecular flexibility index (Phi) is 2.61. The van der Waals surface area contributed by atoms with Gasteiger partial charge in [0.15, 0.2) is 0 Å². The van der Waals surface area contributed by atoms with E-state index in [-0.39, 0.29) is 0 Å². The summed E-state index contributed by atoms with van der Waals surface area (Å²) in [6, 6.07) is 14.6. The van der Waals surface area contributed by atoms with E-state index < -0.39 is 0 Å². The summed E-state index contributed by atoms with van der Waals surface area (Å²) in [5, 5.41) is 4.83. The van der Waals surface area contributed by atoms with Gasteiger partial charge >= 0.3 is 0 Å². The molecule has 0 amide bonds. The average molecular weight is 276 g/mol. The highest BCUT2D eigenvalue weighted by molar-refractivity contribution is 6.19. The highest BCUT2D eigenvalue weighted by Crippen LogP contribution is 2.35. The Bertz CT molecular complexity index is 969. The van der Waals surface area contributed by atoms with Crippen molar-refractivity contribution in [1.29, 1.82) is 0 Å². The zero-order chi connectivity index (χ0) is 14.4. The number of benzene rings is 2. The molecular formula is C18H16N2O. The number of aromatic nitrogens is 2. The van der Waals surface area contributed by atoms with Crippen LogP contribution in [0.2, 0.25) is 0 Å². The van der Waals surface area contributed by atoms with Crippen LogP contribution in [0.15, 0.2) is 48.7 Å². The first-order valence-electron chi connectivity index (χ1n) is 7.17. The maximum atomic E-state index is 5.40. The second kappa shape index (κ2) is 4.48. The largest absolute Gasteiger partial charge is 0.497 e. The third kappa shape index (κ3) is 1.64. The Morgan fingerprint density at radius 3 is 2.76 bits per heavy atom. The van der Waals surface area contributed by atoms with Gasteiger partial charge in [0.25, 0.3) is 0 Å². The molecule has 0 unspecified atom stereocenters. The molecule has 0 spiro atoms. The molecule has 21 heavy (non-hydrogen) atoms. The molecule has 0 saturated carbocycles. The molecule has 0 N–H and O–H groups in total. The van der Waals surface area contributed by atoms with Crippen molar-refractivity contribution in [1.82, 2.24) is 9.55 Å². The lowest BCUT2D eigenvalue weighted by Gasteiger charge is -2.03. The highest BCUT2D eigenvalue weighted by Gasteiger charge is 2.14. The molecule has 0 aliphatic carbocycles. The zero-order valence-electron chi connectivity index (χ0n) is 12.1. The van der Waals surface area contributed by atoms with Crippen LogP contribution in [0, 0.1) is 0 Å². The number of hydrogen-bond acceptors (Lipinski definition) is 2. The number of rotatable bonds is 2. The number of nitrogens with zero attached hydrogens (tertiary/aromatic N) is 2. The molecule has 2 aromatic heterocycles. The average Bonchev–Trinajstić information content (AvgIpc) is 2.87. The van der Waals surface area contributed by atoms with Crippen molar-refractivity contribution in [2.75, 3.05) is 7.11 Å². The lowest BCUT2D eigenvalue weighted by Crippen LogP contribution is -1.94. The van der Waals surface area contributed by atoms with E-state index in [9.17, 15) is 0 Å². The number of aryl methyl sites for hydroxylation is 1.